The molecule has 0 aromatic heterocycles. The summed E-state index contributed by atoms with van der Waals surface area (Å²) in [5.41, 5.74) is 10.0. The van der Waals surface area contributed by atoms with Gasteiger partial charge in [0.15, 0.2) is 0 Å². The Labute approximate surface area is 97.8 Å². The molecular formula is C14H21NO. The fourth-order valence-electron chi connectivity index (χ4n) is 2.44. The highest BCUT2D eigenvalue weighted by Crippen LogP contribution is 2.38. The van der Waals surface area contributed by atoms with Crippen molar-refractivity contribution in [1.82, 2.24) is 0 Å². The van der Waals surface area contributed by atoms with E-state index in [4.69, 9.17) is 10.5 Å². The SMILES string of the molecule is COc1cc(C)c(C(N)C2CCC2)cc1C. The summed E-state index contributed by atoms with van der Waals surface area (Å²) in [6, 6.07) is 4.50. The molecule has 2 heteroatoms. The smallest absolute Gasteiger partial charge is 0.122 e. The van der Waals surface area contributed by atoms with Crippen LogP contribution in [0.25, 0.3) is 0 Å². The van der Waals surface area contributed by atoms with Gasteiger partial charge in [-0.05, 0) is 55.4 Å². The van der Waals surface area contributed by atoms with E-state index in [0.29, 0.717) is 5.92 Å². The highest BCUT2D eigenvalue weighted by molar-refractivity contribution is 5.43. The van der Waals surface area contributed by atoms with E-state index in [-0.39, 0.29) is 6.04 Å². The molecule has 88 valence electrons. The van der Waals surface area contributed by atoms with Crippen LogP contribution in [-0.4, -0.2) is 7.11 Å². The highest BCUT2D eigenvalue weighted by atomic mass is 16.5. The molecule has 16 heavy (non-hydrogen) atoms. The average molecular weight is 219 g/mol. The fourth-order valence-corrected chi connectivity index (χ4v) is 2.44. The molecule has 2 nitrogen and oxygen atoms in total. The van der Waals surface area contributed by atoms with Crippen LogP contribution in [0.2, 0.25) is 0 Å². The lowest BCUT2D eigenvalue weighted by Gasteiger charge is -2.32. The van der Waals surface area contributed by atoms with Crippen LogP contribution in [0.15, 0.2) is 12.1 Å². The van der Waals surface area contributed by atoms with E-state index in [1.54, 1.807) is 7.11 Å². The Balaban J connectivity index is 2.29. The van der Waals surface area contributed by atoms with E-state index in [1.165, 1.54) is 36.0 Å². The van der Waals surface area contributed by atoms with Gasteiger partial charge in [-0.1, -0.05) is 12.5 Å². The van der Waals surface area contributed by atoms with Crippen molar-refractivity contribution < 1.29 is 4.74 Å². The molecule has 2 N–H and O–H groups in total. The van der Waals surface area contributed by atoms with Gasteiger partial charge in [0.2, 0.25) is 0 Å². The molecule has 1 fully saturated rings. The molecule has 1 aliphatic carbocycles. The van der Waals surface area contributed by atoms with E-state index >= 15 is 0 Å². The van der Waals surface area contributed by atoms with Gasteiger partial charge in [-0.2, -0.15) is 0 Å². The molecule has 0 spiro atoms. The van der Waals surface area contributed by atoms with Crippen LogP contribution < -0.4 is 10.5 Å². The lowest BCUT2D eigenvalue weighted by atomic mass is 9.76. The van der Waals surface area contributed by atoms with Gasteiger partial charge >= 0.3 is 0 Å². The molecular weight excluding hydrogens is 198 g/mol. The van der Waals surface area contributed by atoms with Crippen LogP contribution in [-0.2, 0) is 0 Å². The molecule has 0 heterocycles. The Morgan fingerprint density at radius 1 is 1.25 bits per heavy atom. The number of ether oxygens (including phenoxy) is 1. The molecule has 1 aromatic carbocycles. The number of rotatable bonds is 3. The molecule has 0 radical (unpaired) electrons. The van der Waals surface area contributed by atoms with Gasteiger partial charge in [-0.15, -0.1) is 0 Å². The Morgan fingerprint density at radius 2 is 1.94 bits per heavy atom. The van der Waals surface area contributed by atoms with E-state index in [9.17, 15) is 0 Å². The lowest BCUT2D eigenvalue weighted by molar-refractivity contribution is 0.263. The molecule has 1 aromatic rings. The minimum absolute atomic E-state index is 0.207. The number of hydrogen-bond donors (Lipinski definition) is 1. The number of hydrogen-bond acceptors (Lipinski definition) is 2. The average Bonchev–Trinajstić information content (AvgIpc) is 2.18. The van der Waals surface area contributed by atoms with Crippen molar-refractivity contribution >= 4 is 0 Å². The van der Waals surface area contributed by atoms with Crippen LogP contribution in [0.4, 0.5) is 0 Å². The number of nitrogens with two attached hydrogens (primary N) is 1. The molecule has 1 aliphatic rings. The highest BCUT2D eigenvalue weighted by Gasteiger charge is 2.26. The second kappa shape index (κ2) is 4.46. The van der Waals surface area contributed by atoms with Crippen molar-refractivity contribution in [2.75, 3.05) is 7.11 Å². The summed E-state index contributed by atoms with van der Waals surface area (Å²) < 4.78 is 5.32. The van der Waals surface area contributed by atoms with E-state index < -0.39 is 0 Å². The van der Waals surface area contributed by atoms with Gasteiger partial charge in [0.1, 0.15) is 5.75 Å². The van der Waals surface area contributed by atoms with E-state index in [1.807, 2.05) is 0 Å². The predicted octanol–water partition coefficient (Wildman–Crippen LogP) is 3.11. The molecule has 0 amide bonds. The summed E-state index contributed by atoms with van der Waals surface area (Å²) in [4.78, 5) is 0. The fraction of sp³-hybridized carbons (Fsp3) is 0.571. The Kier molecular flexibility index (Phi) is 3.20. The van der Waals surface area contributed by atoms with Crippen LogP contribution in [0.1, 0.15) is 42.0 Å². The zero-order valence-corrected chi connectivity index (χ0v) is 10.4. The largest absolute Gasteiger partial charge is 0.496 e. The standard InChI is InChI=1S/C14H21NO/c1-9-8-13(16-3)10(2)7-12(9)14(15)11-5-4-6-11/h7-8,11,14H,4-6,15H2,1-3H3. The molecule has 0 aliphatic heterocycles. The molecule has 1 unspecified atom stereocenters. The predicted molar refractivity (Wildman–Crippen MR) is 66.7 cm³/mol. The van der Waals surface area contributed by atoms with Gasteiger partial charge in [0, 0.05) is 6.04 Å². The maximum atomic E-state index is 6.32. The van der Waals surface area contributed by atoms with Crippen molar-refractivity contribution in [3.63, 3.8) is 0 Å². The first kappa shape index (κ1) is 11.5. The Hall–Kier alpha value is -1.02. The van der Waals surface area contributed by atoms with Crippen molar-refractivity contribution in [1.29, 1.82) is 0 Å². The maximum absolute atomic E-state index is 6.32. The van der Waals surface area contributed by atoms with Gasteiger partial charge in [-0.25, -0.2) is 0 Å². The molecule has 1 atom stereocenters. The first-order valence-corrected chi connectivity index (χ1v) is 6.04. The summed E-state index contributed by atoms with van der Waals surface area (Å²) in [6.45, 7) is 4.20. The van der Waals surface area contributed by atoms with Gasteiger partial charge < -0.3 is 10.5 Å². The summed E-state index contributed by atoms with van der Waals surface area (Å²) >= 11 is 0. The zero-order valence-electron chi connectivity index (χ0n) is 10.4. The minimum Gasteiger partial charge on any atom is -0.496 e. The Morgan fingerprint density at radius 3 is 2.44 bits per heavy atom. The summed E-state index contributed by atoms with van der Waals surface area (Å²) in [6.07, 6.45) is 3.91. The second-order valence-corrected chi connectivity index (χ2v) is 4.90. The normalized spacial score (nSPS) is 18.0. The van der Waals surface area contributed by atoms with E-state index in [0.717, 1.165) is 5.75 Å². The van der Waals surface area contributed by atoms with Gasteiger partial charge in [0.25, 0.3) is 0 Å². The summed E-state index contributed by atoms with van der Waals surface area (Å²) in [5.74, 6) is 1.65. The quantitative estimate of drug-likeness (QED) is 0.847. The van der Waals surface area contributed by atoms with Crippen LogP contribution >= 0.6 is 0 Å². The second-order valence-electron chi connectivity index (χ2n) is 4.90. The molecule has 2 rings (SSSR count). The van der Waals surface area contributed by atoms with Crippen molar-refractivity contribution in [2.45, 2.75) is 39.2 Å². The van der Waals surface area contributed by atoms with Gasteiger partial charge in [0.05, 0.1) is 7.11 Å². The van der Waals surface area contributed by atoms with Crippen LogP contribution in [0, 0.1) is 19.8 Å². The number of benzene rings is 1. The van der Waals surface area contributed by atoms with E-state index in [2.05, 4.69) is 26.0 Å². The third kappa shape index (κ3) is 1.94. The minimum atomic E-state index is 0.207. The van der Waals surface area contributed by atoms with Crippen molar-refractivity contribution in [2.24, 2.45) is 11.7 Å². The summed E-state index contributed by atoms with van der Waals surface area (Å²) in [5, 5.41) is 0. The molecule has 0 saturated heterocycles. The summed E-state index contributed by atoms with van der Waals surface area (Å²) in [7, 11) is 1.72. The van der Waals surface area contributed by atoms with Crippen molar-refractivity contribution in [3.8, 4) is 5.75 Å². The van der Waals surface area contributed by atoms with Crippen molar-refractivity contribution in [3.05, 3.63) is 28.8 Å². The third-order valence-corrected chi connectivity index (χ3v) is 3.80. The van der Waals surface area contributed by atoms with Crippen LogP contribution in [0.3, 0.4) is 0 Å². The van der Waals surface area contributed by atoms with Crippen LogP contribution in [0.5, 0.6) is 5.75 Å². The maximum Gasteiger partial charge on any atom is 0.122 e. The number of aryl methyl sites for hydroxylation is 2. The zero-order chi connectivity index (χ0) is 11.7. The topological polar surface area (TPSA) is 35.2 Å². The number of methoxy groups -OCH3 is 1. The lowest BCUT2D eigenvalue weighted by Crippen LogP contribution is -2.27. The Bertz CT molecular complexity index is 383. The molecule has 1 saturated carbocycles. The third-order valence-electron chi connectivity index (χ3n) is 3.80. The monoisotopic (exact) mass is 219 g/mol. The molecule has 0 bridgehead atoms. The first-order valence-electron chi connectivity index (χ1n) is 6.04. The van der Waals surface area contributed by atoms with Gasteiger partial charge in [-0.3, -0.25) is 0 Å². The first-order chi connectivity index (χ1) is 7.63.